The monoisotopic (exact) mass is 405 g/mol. The van der Waals surface area contributed by atoms with Gasteiger partial charge < -0.3 is 4.55 Å². The Morgan fingerprint density at radius 2 is 1.88 bits per heavy atom. The molecule has 0 bridgehead atoms. The molecule has 1 aromatic heterocycles. The van der Waals surface area contributed by atoms with Crippen LogP contribution >= 0.6 is 23.1 Å². The Balaban J connectivity index is 1.87. The number of carbonyl (C=O) groups excluding carboxylic acids is 2. The summed E-state index contributed by atoms with van der Waals surface area (Å²) >= 11 is -0.156. The highest BCUT2D eigenvalue weighted by atomic mass is 32.2. The van der Waals surface area contributed by atoms with Crippen LogP contribution in [-0.4, -0.2) is 30.4 Å². The average Bonchev–Trinajstić information content (AvgIpc) is 3.08. The van der Waals surface area contributed by atoms with E-state index in [4.69, 9.17) is 0 Å². The molecule has 1 heterocycles. The smallest absolute Gasteiger partial charge is 0.186 e. The largest absolute Gasteiger partial charge is 0.755 e. The first kappa shape index (κ1) is 18.7. The predicted molar refractivity (Wildman–Crippen MR) is 105 cm³/mol. The maximum Gasteiger partial charge on any atom is 0.186 e. The van der Waals surface area contributed by atoms with E-state index in [-0.39, 0.29) is 16.7 Å². The fraction of sp³-hybridized carbons (Fsp3) is 0.118. The van der Waals surface area contributed by atoms with E-state index in [0.717, 1.165) is 26.3 Å². The molecule has 2 aromatic carbocycles. The van der Waals surface area contributed by atoms with Crippen molar-refractivity contribution in [3.8, 4) is 0 Å². The van der Waals surface area contributed by atoms with Crippen molar-refractivity contribution in [2.45, 2.75) is 6.92 Å². The topological polar surface area (TPSA) is 90.4 Å². The summed E-state index contributed by atoms with van der Waals surface area (Å²) in [6, 6.07) is 11.5. The number of rotatable bonds is 6. The van der Waals surface area contributed by atoms with Crippen molar-refractivity contribution in [2.24, 2.45) is 0 Å². The van der Waals surface area contributed by atoms with Crippen LogP contribution in [0, 0.1) is 0 Å². The normalized spacial score (nSPS) is 12.1. The molecular weight excluding hydrogens is 392 g/mol. The van der Waals surface area contributed by atoms with E-state index in [1.54, 1.807) is 48.0 Å². The van der Waals surface area contributed by atoms with Crippen molar-refractivity contribution in [1.82, 2.24) is 4.98 Å². The van der Waals surface area contributed by atoms with Gasteiger partial charge in [-0.3, -0.25) is 18.1 Å². The third-order valence-electron chi connectivity index (χ3n) is 3.53. The molecular formula is C17H13N2O4S3-. The van der Waals surface area contributed by atoms with Gasteiger partial charge in [0.25, 0.3) is 0 Å². The second kappa shape index (κ2) is 8.09. The molecule has 134 valence electrons. The summed E-state index contributed by atoms with van der Waals surface area (Å²) in [7, 11) is 0. The highest BCUT2D eigenvalue weighted by Gasteiger charge is 2.13. The van der Waals surface area contributed by atoms with Crippen LogP contribution < -0.4 is 4.31 Å². The second-order valence-corrected chi connectivity index (χ2v) is 8.10. The van der Waals surface area contributed by atoms with Crippen molar-refractivity contribution < 1.29 is 18.4 Å². The van der Waals surface area contributed by atoms with Gasteiger partial charge in [0, 0.05) is 12.5 Å². The Morgan fingerprint density at radius 1 is 1.19 bits per heavy atom. The van der Waals surface area contributed by atoms with Crippen molar-refractivity contribution >= 4 is 66.9 Å². The van der Waals surface area contributed by atoms with Crippen LogP contribution in [0.15, 0.2) is 48.0 Å². The number of carbonyl (C=O) groups is 2. The van der Waals surface area contributed by atoms with Gasteiger partial charge in [-0.1, -0.05) is 11.8 Å². The van der Waals surface area contributed by atoms with Crippen LogP contribution in [0.25, 0.3) is 10.2 Å². The van der Waals surface area contributed by atoms with Gasteiger partial charge in [-0.05, 0) is 42.5 Å². The molecule has 0 fully saturated rings. The molecule has 0 spiro atoms. The number of ketones is 1. The summed E-state index contributed by atoms with van der Waals surface area (Å²) in [5.74, 6) is -0.119. The molecule has 1 unspecified atom stereocenters. The maximum atomic E-state index is 12.0. The summed E-state index contributed by atoms with van der Waals surface area (Å²) in [5, 5.41) is -0.124. The lowest BCUT2D eigenvalue weighted by atomic mass is 10.1. The van der Waals surface area contributed by atoms with Crippen molar-refractivity contribution in [2.75, 3.05) is 10.1 Å². The minimum absolute atomic E-state index is 0.0634. The SMILES string of the molecule is CC(=O)SCC(=O)c1ccc(N(c2ccc3ncsc3c2)S(=O)[O-])cc1. The summed E-state index contributed by atoms with van der Waals surface area (Å²) in [4.78, 5) is 27.2. The zero-order valence-corrected chi connectivity index (χ0v) is 16.0. The highest BCUT2D eigenvalue weighted by Crippen LogP contribution is 2.31. The van der Waals surface area contributed by atoms with E-state index in [1.807, 2.05) is 0 Å². The number of hydrogen-bond acceptors (Lipinski definition) is 7. The van der Waals surface area contributed by atoms with Gasteiger partial charge >= 0.3 is 0 Å². The second-order valence-electron chi connectivity index (χ2n) is 5.27. The predicted octanol–water partition coefficient (Wildman–Crippen LogP) is 3.69. The van der Waals surface area contributed by atoms with Crippen LogP contribution in [0.1, 0.15) is 17.3 Å². The number of nitrogens with zero attached hydrogens (tertiary/aromatic N) is 2. The quantitative estimate of drug-likeness (QED) is 0.459. The third kappa shape index (κ3) is 4.18. The van der Waals surface area contributed by atoms with Crippen molar-refractivity contribution in [3.05, 3.63) is 53.5 Å². The molecule has 0 aliphatic rings. The first-order chi connectivity index (χ1) is 12.5. The van der Waals surface area contributed by atoms with Crippen LogP contribution in [-0.2, 0) is 16.1 Å². The zero-order chi connectivity index (χ0) is 18.7. The number of hydrogen-bond donors (Lipinski definition) is 0. The Kier molecular flexibility index (Phi) is 5.82. The molecule has 0 amide bonds. The summed E-state index contributed by atoms with van der Waals surface area (Å²) in [6.07, 6.45) is 0. The standard InChI is InChI=1S/C17H14N2O4S3/c1-11(20)24-9-16(21)12-2-4-13(5-3-12)19(26(22)23)14-6-7-15-17(8-14)25-10-18-15/h2-8,10H,9H2,1H3,(H,22,23)/p-1. The number of benzene rings is 2. The molecule has 0 aliphatic carbocycles. The van der Waals surface area contributed by atoms with E-state index in [0.29, 0.717) is 16.9 Å². The Bertz CT molecular complexity index is 985. The fourth-order valence-corrected chi connectivity index (χ4v) is 4.12. The van der Waals surface area contributed by atoms with E-state index < -0.39 is 11.3 Å². The van der Waals surface area contributed by atoms with E-state index in [9.17, 15) is 18.4 Å². The summed E-state index contributed by atoms with van der Waals surface area (Å²) < 4.78 is 25.6. The lowest BCUT2D eigenvalue weighted by molar-refractivity contribution is -0.109. The van der Waals surface area contributed by atoms with Gasteiger partial charge in [0.15, 0.2) is 10.9 Å². The lowest BCUT2D eigenvalue weighted by Gasteiger charge is -2.26. The average molecular weight is 406 g/mol. The lowest BCUT2D eigenvalue weighted by Crippen LogP contribution is -2.19. The van der Waals surface area contributed by atoms with Gasteiger partial charge in [0.05, 0.1) is 44.1 Å². The molecule has 0 saturated heterocycles. The number of thioether (sulfide) groups is 1. The van der Waals surface area contributed by atoms with E-state index in [2.05, 4.69) is 4.98 Å². The van der Waals surface area contributed by atoms with Gasteiger partial charge in [-0.2, -0.15) is 0 Å². The molecule has 3 rings (SSSR count). The Hall–Kier alpha value is -2.07. The summed E-state index contributed by atoms with van der Waals surface area (Å²) in [5.41, 5.74) is 3.84. The van der Waals surface area contributed by atoms with Gasteiger partial charge in [-0.15, -0.1) is 11.3 Å². The molecule has 0 N–H and O–H groups in total. The molecule has 26 heavy (non-hydrogen) atoms. The highest BCUT2D eigenvalue weighted by molar-refractivity contribution is 8.14. The van der Waals surface area contributed by atoms with Crippen LogP contribution in [0.5, 0.6) is 0 Å². The molecule has 0 saturated carbocycles. The minimum Gasteiger partial charge on any atom is -0.755 e. The number of thiazole rings is 1. The molecule has 6 nitrogen and oxygen atoms in total. The van der Waals surface area contributed by atoms with Crippen molar-refractivity contribution in [3.63, 3.8) is 0 Å². The molecule has 3 aromatic rings. The fourth-order valence-electron chi connectivity index (χ4n) is 2.32. The number of Topliss-reactive ketones (excluding diaryl/α,β-unsaturated/α-hetero) is 1. The van der Waals surface area contributed by atoms with Crippen LogP contribution in [0.3, 0.4) is 0 Å². The molecule has 0 aliphatic heterocycles. The number of anilines is 2. The maximum absolute atomic E-state index is 12.0. The minimum atomic E-state index is -2.53. The number of fused-ring (bicyclic) bond motifs is 1. The summed E-state index contributed by atoms with van der Waals surface area (Å²) in [6.45, 7) is 1.41. The number of aromatic nitrogens is 1. The van der Waals surface area contributed by atoms with Crippen molar-refractivity contribution in [1.29, 1.82) is 0 Å². The molecule has 1 atom stereocenters. The van der Waals surface area contributed by atoms with Gasteiger partial charge in [0.1, 0.15) is 0 Å². The van der Waals surface area contributed by atoms with E-state index in [1.165, 1.54) is 18.3 Å². The Morgan fingerprint density at radius 3 is 2.54 bits per heavy atom. The third-order valence-corrected chi connectivity index (χ3v) is 5.85. The molecule has 9 heteroatoms. The van der Waals surface area contributed by atoms with Crippen LogP contribution in [0.2, 0.25) is 0 Å². The zero-order valence-electron chi connectivity index (χ0n) is 13.6. The molecule has 0 radical (unpaired) electrons. The van der Waals surface area contributed by atoms with E-state index >= 15 is 0 Å². The van der Waals surface area contributed by atoms with Gasteiger partial charge in [0.2, 0.25) is 0 Å². The first-order valence-corrected chi connectivity index (χ1v) is 10.3. The van der Waals surface area contributed by atoms with Crippen LogP contribution in [0.4, 0.5) is 11.4 Å². The first-order valence-electron chi connectivity index (χ1n) is 7.45. The Labute approximate surface area is 160 Å². The van der Waals surface area contributed by atoms with Gasteiger partial charge in [-0.25, -0.2) is 4.98 Å².